The quantitative estimate of drug-likeness (QED) is 0.482. The van der Waals surface area contributed by atoms with Gasteiger partial charge >= 0.3 is 0 Å². The monoisotopic (exact) mass is 431 g/mol. The Morgan fingerprint density at radius 1 is 1.00 bits per heavy atom. The van der Waals surface area contributed by atoms with Crippen LogP contribution < -0.4 is 0 Å². The van der Waals surface area contributed by atoms with Gasteiger partial charge in [-0.15, -0.1) is 10.2 Å². The topological polar surface area (TPSA) is 77.1 Å². The summed E-state index contributed by atoms with van der Waals surface area (Å²) in [6, 6.07) is 17.6. The van der Waals surface area contributed by atoms with Crippen molar-refractivity contribution in [1.29, 1.82) is 0 Å². The average molecular weight is 431 g/mol. The van der Waals surface area contributed by atoms with E-state index in [-0.39, 0.29) is 17.6 Å². The van der Waals surface area contributed by atoms with E-state index in [4.69, 9.17) is 4.42 Å². The fourth-order valence-electron chi connectivity index (χ4n) is 4.02. The first-order chi connectivity index (χ1) is 15.6. The van der Waals surface area contributed by atoms with Crippen molar-refractivity contribution in [3.63, 3.8) is 0 Å². The van der Waals surface area contributed by atoms with Gasteiger partial charge in [0, 0.05) is 37.2 Å². The summed E-state index contributed by atoms with van der Waals surface area (Å²) in [5.41, 5.74) is 3.02. The fraction of sp³-hybridized carbons (Fsp3) is 0.250. The number of amides is 1. The van der Waals surface area contributed by atoms with Crippen molar-refractivity contribution in [2.24, 2.45) is 7.05 Å². The minimum absolute atomic E-state index is 0.0295. The number of hydrogen-bond acceptors (Lipinski definition) is 5. The van der Waals surface area contributed by atoms with Gasteiger partial charge in [0.1, 0.15) is 11.5 Å². The van der Waals surface area contributed by atoms with Crippen LogP contribution in [0.25, 0.3) is 22.7 Å². The maximum Gasteiger partial charge on any atom is 0.272 e. The molecule has 0 radical (unpaired) electrons. The lowest BCUT2D eigenvalue weighted by Crippen LogP contribution is -2.38. The highest BCUT2D eigenvalue weighted by atomic mass is 19.1. The van der Waals surface area contributed by atoms with Crippen LogP contribution in [0.2, 0.25) is 0 Å². The number of rotatable bonds is 4. The van der Waals surface area contributed by atoms with Crippen LogP contribution >= 0.6 is 0 Å². The first kappa shape index (κ1) is 20.1. The third-order valence-corrected chi connectivity index (χ3v) is 5.83. The molecular formula is C24H22FN5O2. The molecule has 8 heteroatoms. The summed E-state index contributed by atoms with van der Waals surface area (Å²) in [5.74, 6) is 0.685. The molecule has 1 amide bonds. The summed E-state index contributed by atoms with van der Waals surface area (Å²) >= 11 is 0. The molecule has 0 unspecified atom stereocenters. The second kappa shape index (κ2) is 8.37. The number of halogens is 1. The van der Waals surface area contributed by atoms with Gasteiger partial charge in [0.05, 0.1) is 5.69 Å². The first-order valence-electron chi connectivity index (χ1n) is 10.6. The predicted octanol–water partition coefficient (Wildman–Crippen LogP) is 4.30. The van der Waals surface area contributed by atoms with Crippen LogP contribution in [0, 0.1) is 5.82 Å². The van der Waals surface area contributed by atoms with Gasteiger partial charge in [-0.25, -0.2) is 4.39 Å². The Labute approximate surface area is 184 Å². The zero-order chi connectivity index (χ0) is 22.1. The Hall–Kier alpha value is -3.81. The van der Waals surface area contributed by atoms with Crippen LogP contribution in [0.15, 0.2) is 65.1 Å². The van der Waals surface area contributed by atoms with Crippen molar-refractivity contribution in [3.8, 4) is 22.7 Å². The van der Waals surface area contributed by atoms with Crippen molar-refractivity contribution < 1.29 is 13.6 Å². The number of carbonyl (C=O) groups is 1. The Kier molecular flexibility index (Phi) is 5.26. The predicted molar refractivity (Wildman–Crippen MR) is 116 cm³/mol. The minimum atomic E-state index is -0.310. The van der Waals surface area contributed by atoms with E-state index in [1.807, 2.05) is 41.3 Å². The van der Waals surface area contributed by atoms with E-state index in [1.54, 1.807) is 23.9 Å². The molecule has 1 aliphatic heterocycles. The number of nitrogens with zero attached hydrogens (tertiary/aromatic N) is 5. The lowest BCUT2D eigenvalue weighted by Gasteiger charge is -2.30. The molecule has 0 N–H and O–H groups in total. The molecule has 0 saturated carbocycles. The summed E-state index contributed by atoms with van der Waals surface area (Å²) in [6.45, 7) is 1.20. The van der Waals surface area contributed by atoms with Crippen LogP contribution in [-0.4, -0.2) is 43.9 Å². The number of hydrogen-bond donors (Lipinski definition) is 0. The molecule has 2 aromatic heterocycles. The van der Waals surface area contributed by atoms with Gasteiger partial charge in [-0.1, -0.05) is 30.3 Å². The largest absolute Gasteiger partial charge is 0.420 e. The van der Waals surface area contributed by atoms with Gasteiger partial charge in [0.2, 0.25) is 11.8 Å². The van der Waals surface area contributed by atoms with Crippen LogP contribution in [0.5, 0.6) is 0 Å². The number of likely N-dealkylation sites (tertiary alicyclic amines) is 1. The molecule has 4 aromatic rings. The van der Waals surface area contributed by atoms with Crippen molar-refractivity contribution in [2.75, 3.05) is 13.1 Å². The zero-order valence-corrected chi connectivity index (χ0v) is 17.6. The first-order valence-corrected chi connectivity index (χ1v) is 10.6. The smallest absolute Gasteiger partial charge is 0.272 e. The van der Waals surface area contributed by atoms with Gasteiger partial charge in [0.25, 0.3) is 5.91 Å². The summed E-state index contributed by atoms with van der Waals surface area (Å²) in [5, 5.41) is 12.8. The molecule has 0 aliphatic carbocycles. The molecule has 32 heavy (non-hydrogen) atoms. The number of piperidine rings is 1. The Morgan fingerprint density at radius 3 is 2.44 bits per heavy atom. The zero-order valence-electron chi connectivity index (χ0n) is 17.6. The fourth-order valence-corrected chi connectivity index (χ4v) is 4.02. The molecule has 7 nitrogen and oxygen atoms in total. The molecule has 1 aliphatic rings. The Bertz CT molecular complexity index is 1230. The highest BCUT2D eigenvalue weighted by Gasteiger charge is 2.29. The third-order valence-electron chi connectivity index (χ3n) is 5.83. The van der Waals surface area contributed by atoms with Gasteiger partial charge in [-0.05, 0) is 43.2 Å². The van der Waals surface area contributed by atoms with E-state index in [0.29, 0.717) is 36.1 Å². The standard InChI is InChI=1S/C24H22FN5O2/c1-29-21(15-20(28-29)16-5-3-2-4-6-16)24(31)30-13-11-18(12-14-30)23-27-26-22(32-23)17-7-9-19(25)10-8-17/h2-10,15,18H,11-14H2,1H3. The molecule has 3 heterocycles. The molecular weight excluding hydrogens is 409 g/mol. The molecule has 1 fully saturated rings. The molecule has 0 bridgehead atoms. The van der Waals surface area contributed by atoms with Crippen LogP contribution in [0.1, 0.15) is 35.1 Å². The van der Waals surface area contributed by atoms with Crippen LogP contribution in [0.4, 0.5) is 4.39 Å². The van der Waals surface area contributed by atoms with Crippen molar-refractivity contribution in [3.05, 3.63) is 78.1 Å². The normalized spacial score (nSPS) is 14.6. The van der Waals surface area contributed by atoms with Crippen molar-refractivity contribution in [1.82, 2.24) is 24.9 Å². The SMILES string of the molecule is Cn1nc(-c2ccccc2)cc1C(=O)N1CCC(c2nnc(-c3ccc(F)cc3)o2)CC1. The van der Waals surface area contributed by atoms with E-state index in [2.05, 4.69) is 15.3 Å². The molecule has 162 valence electrons. The lowest BCUT2D eigenvalue weighted by atomic mass is 9.96. The molecule has 0 spiro atoms. The summed E-state index contributed by atoms with van der Waals surface area (Å²) in [6.07, 6.45) is 1.47. The summed E-state index contributed by atoms with van der Waals surface area (Å²) in [7, 11) is 1.79. The minimum Gasteiger partial charge on any atom is -0.420 e. The van der Waals surface area contributed by atoms with Crippen LogP contribution in [-0.2, 0) is 7.05 Å². The van der Waals surface area contributed by atoms with E-state index < -0.39 is 0 Å². The van der Waals surface area contributed by atoms with Gasteiger partial charge < -0.3 is 9.32 Å². The number of aromatic nitrogens is 4. The van der Waals surface area contributed by atoms with Gasteiger partial charge in [-0.2, -0.15) is 5.10 Å². The summed E-state index contributed by atoms with van der Waals surface area (Å²) < 4.78 is 20.6. The molecule has 2 aromatic carbocycles. The van der Waals surface area contributed by atoms with E-state index in [9.17, 15) is 9.18 Å². The average Bonchev–Trinajstić information content (AvgIpc) is 3.47. The molecule has 5 rings (SSSR count). The van der Waals surface area contributed by atoms with E-state index in [0.717, 1.165) is 24.1 Å². The highest BCUT2D eigenvalue weighted by molar-refractivity contribution is 5.93. The van der Waals surface area contributed by atoms with Crippen LogP contribution in [0.3, 0.4) is 0 Å². The van der Waals surface area contributed by atoms with Crippen molar-refractivity contribution in [2.45, 2.75) is 18.8 Å². The maximum absolute atomic E-state index is 13.1. The Morgan fingerprint density at radius 2 is 1.72 bits per heavy atom. The second-order valence-electron chi connectivity index (χ2n) is 7.92. The van der Waals surface area contributed by atoms with Gasteiger partial charge in [0.15, 0.2) is 0 Å². The second-order valence-corrected chi connectivity index (χ2v) is 7.92. The molecule has 0 atom stereocenters. The van der Waals surface area contributed by atoms with Gasteiger partial charge in [-0.3, -0.25) is 9.48 Å². The lowest BCUT2D eigenvalue weighted by molar-refractivity contribution is 0.0695. The number of benzene rings is 2. The van der Waals surface area contributed by atoms with E-state index in [1.165, 1.54) is 12.1 Å². The van der Waals surface area contributed by atoms with Crippen molar-refractivity contribution >= 4 is 5.91 Å². The highest BCUT2D eigenvalue weighted by Crippen LogP contribution is 2.30. The summed E-state index contributed by atoms with van der Waals surface area (Å²) in [4.78, 5) is 15.0. The number of carbonyl (C=O) groups excluding carboxylic acids is 1. The number of aryl methyl sites for hydroxylation is 1. The maximum atomic E-state index is 13.1. The molecule has 1 saturated heterocycles. The Balaban J connectivity index is 1.25. The van der Waals surface area contributed by atoms with E-state index >= 15 is 0 Å². The third kappa shape index (κ3) is 3.91.